The van der Waals surface area contributed by atoms with E-state index in [1.807, 2.05) is 66.5 Å². The first kappa shape index (κ1) is 25.7. The van der Waals surface area contributed by atoms with Crippen molar-refractivity contribution in [3.05, 3.63) is 66.5 Å². The van der Waals surface area contributed by atoms with Crippen molar-refractivity contribution in [1.82, 2.24) is 20.4 Å². The van der Waals surface area contributed by atoms with Crippen LogP contribution in [0.3, 0.4) is 0 Å². The molecule has 9 heteroatoms. The van der Waals surface area contributed by atoms with Gasteiger partial charge >= 0.3 is 0 Å². The summed E-state index contributed by atoms with van der Waals surface area (Å²) in [6.07, 6.45) is 5.89. The number of rotatable bonds is 8. The van der Waals surface area contributed by atoms with Crippen molar-refractivity contribution in [2.24, 2.45) is 4.99 Å². The first-order valence-corrected chi connectivity index (χ1v) is 11.2. The minimum absolute atomic E-state index is 0. The standard InChI is InChI=1S/C25H32N6O2.HI/c1-26-25(27-11-9-19-16-28-31(17-19)21-7-5-4-6-8-21)29-20-10-12-30(18-20)22-13-23(32-2)15-24(14-22)33-3;/h4-8,13-17,20H,9-12,18H2,1-3H3,(H2,26,27,29);1H. The smallest absolute Gasteiger partial charge is 0.191 e. The van der Waals surface area contributed by atoms with Gasteiger partial charge in [-0.25, -0.2) is 4.68 Å². The molecule has 0 spiro atoms. The molecule has 1 aliphatic rings. The van der Waals surface area contributed by atoms with Crippen molar-refractivity contribution in [2.75, 3.05) is 45.8 Å². The number of ether oxygens (including phenoxy) is 2. The molecule has 0 aliphatic carbocycles. The maximum Gasteiger partial charge on any atom is 0.191 e. The number of guanidine groups is 1. The average Bonchev–Trinajstić information content (AvgIpc) is 3.53. The second-order valence-corrected chi connectivity index (χ2v) is 8.02. The van der Waals surface area contributed by atoms with Crippen LogP contribution in [0, 0.1) is 0 Å². The number of nitrogens with zero attached hydrogens (tertiary/aromatic N) is 4. The Hall–Kier alpha value is -2.95. The lowest BCUT2D eigenvalue weighted by molar-refractivity contribution is 0.394. The van der Waals surface area contributed by atoms with Gasteiger partial charge in [-0.1, -0.05) is 18.2 Å². The molecule has 8 nitrogen and oxygen atoms in total. The summed E-state index contributed by atoms with van der Waals surface area (Å²) in [5, 5.41) is 11.5. The lowest BCUT2D eigenvalue weighted by atomic mass is 10.2. The molecule has 1 aliphatic heterocycles. The van der Waals surface area contributed by atoms with E-state index in [4.69, 9.17) is 9.47 Å². The molecule has 2 N–H and O–H groups in total. The maximum atomic E-state index is 5.42. The van der Waals surface area contributed by atoms with Crippen molar-refractivity contribution >= 4 is 35.6 Å². The molecule has 0 bridgehead atoms. The van der Waals surface area contributed by atoms with E-state index in [1.54, 1.807) is 14.2 Å². The van der Waals surface area contributed by atoms with E-state index in [-0.39, 0.29) is 24.0 Å². The molecule has 1 saturated heterocycles. The van der Waals surface area contributed by atoms with E-state index in [1.165, 1.54) is 5.56 Å². The lowest BCUT2D eigenvalue weighted by Crippen LogP contribution is -2.45. The van der Waals surface area contributed by atoms with Crippen LogP contribution < -0.4 is 25.0 Å². The number of hydrogen-bond acceptors (Lipinski definition) is 5. The van der Waals surface area contributed by atoms with Gasteiger partial charge in [0, 0.05) is 62.8 Å². The summed E-state index contributed by atoms with van der Waals surface area (Å²) in [5.41, 5.74) is 3.35. The first-order chi connectivity index (χ1) is 16.2. The predicted octanol–water partition coefficient (Wildman–Crippen LogP) is 3.49. The van der Waals surface area contributed by atoms with Crippen molar-refractivity contribution in [3.63, 3.8) is 0 Å². The van der Waals surface area contributed by atoms with Gasteiger partial charge in [0.1, 0.15) is 11.5 Å². The summed E-state index contributed by atoms with van der Waals surface area (Å²) in [4.78, 5) is 6.74. The Balaban J connectivity index is 0.00000324. The van der Waals surface area contributed by atoms with Crippen LogP contribution in [-0.4, -0.2) is 62.7 Å². The molecule has 1 aromatic heterocycles. The molecule has 0 amide bonds. The van der Waals surface area contributed by atoms with Crippen LogP contribution in [-0.2, 0) is 6.42 Å². The fourth-order valence-electron chi connectivity index (χ4n) is 4.01. The minimum atomic E-state index is 0. The Morgan fingerprint density at radius 1 is 1.09 bits per heavy atom. The van der Waals surface area contributed by atoms with Gasteiger partial charge in [-0.2, -0.15) is 5.10 Å². The first-order valence-electron chi connectivity index (χ1n) is 11.2. The molecule has 182 valence electrons. The van der Waals surface area contributed by atoms with Crippen LogP contribution >= 0.6 is 24.0 Å². The molecule has 3 aromatic rings. The van der Waals surface area contributed by atoms with Gasteiger partial charge in [-0.3, -0.25) is 4.99 Å². The Kier molecular flexibility index (Phi) is 9.43. The Morgan fingerprint density at radius 2 is 1.82 bits per heavy atom. The van der Waals surface area contributed by atoms with Crippen LogP contribution in [0.4, 0.5) is 5.69 Å². The van der Waals surface area contributed by atoms with Crippen molar-refractivity contribution in [1.29, 1.82) is 0 Å². The second-order valence-electron chi connectivity index (χ2n) is 8.02. The highest BCUT2D eigenvalue weighted by molar-refractivity contribution is 14.0. The van der Waals surface area contributed by atoms with E-state index >= 15 is 0 Å². The highest BCUT2D eigenvalue weighted by atomic mass is 127. The van der Waals surface area contributed by atoms with Crippen LogP contribution in [0.2, 0.25) is 0 Å². The van der Waals surface area contributed by atoms with Crippen molar-refractivity contribution in [3.8, 4) is 17.2 Å². The topological polar surface area (TPSA) is 75.9 Å². The summed E-state index contributed by atoms with van der Waals surface area (Å²) in [6.45, 7) is 2.63. The van der Waals surface area contributed by atoms with E-state index in [9.17, 15) is 0 Å². The van der Waals surface area contributed by atoms with Crippen molar-refractivity contribution in [2.45, 2.75) is 18.9 Å². The van der Waals surface area contributed by atoms with E-state index in [0.717, 1.165) is 61.3 Å². The SMILES string of the molecule is CN=C(NCCc1cnn(-c2ccccc2)c1)NC1CCN(c2cc(OC)cc(OC)c2)C1.I. The zero-order valence-electron chi connectivity index (χ0n) is 19.9. The number of para-hydroxylation sites is 1. The van der Waals surface area contributed by atoms with Gasteiger partial charge in [0.2, 0.25) is 0 Å². The van der Waals surface area contributed by atoms with Gasteiger partial charge in [0.15, 0.2) is 5.96 Å². The van der Waals surface area contributed by atoms with E-state index < -0.39 is 0 Å². The summed E-state index contributed by atoms with van der Waals surface area (Å²) < 4.78 is 12.7. The third-order valence-corrected chi connectivity index (χ3v) is 5.82. The molecule has 2 aromatic carbocycles. The Labute approximate surface area is 218 Å². The Bertz CT molecular complexity index is 1050. The molecule has 1 fully saturated rings. The number of benzene rings is 2. The zero-order chi connectivity index (χ0) is 23.0. The summed E-state index contributed by atoms with van der Waals surface area (Å²) in [6, 6.07) is 16.4. The summed E-state index contributed by atoms with van der Waals surface area (Å²) in [7, 11) is 5.16. The monoisotopic (exact) mass is 576 g/mol. The van der Waals surface area contributed by atoms with E-state index in [2.05, 4.69) is 31.8 Å². The van der Waals surface area contributed by atoms with Crippen LogP contribution in [0.5, 0.6) is 11.5 Å². The largest absolute Gasteiger partial charge is 0.497 e. The second kappa shape index (κ2) is 12.5. The normalized spacial score (nSPS) is 15.6. The van der Waals surface area contributed by atoms with Crippen LogP contribution in [0.1, 0.15) is 12.0 Å². The highest BCUT2D eigenvalue weighted by Crippen LogP contribution is 2.30. The quantitative estimate of drug-likeness (QED) is 0.243. The summed E-state index contributed by atoms with van der Waals surface area (Å²) in [5.74, 6) is 2.42. The molecule has 34 heavy (non-hydrogen) atoms. The number of aromatic nitrogens is 2. The molecular formula is C25H33IN6O2. The van der Waals surface area contributed by atoms with Crippen LogP contribution in [0.25, 0.3) is 5.69 Å². The molecule has 0 radical (unpaired) electrons. The van der Waals surface area contributed by atoms with Crippen molar-refractivity contribution < 1.29 is 9.47 Å². The fraction of sp³-hybridized carbons (Fsp3) is 0.360. The number of halogens is 1. The van der Waals surface area contributed by atoms with Crippen LogP contribution in [0.15, 0.2) is 65.9 Å². The highest BCUT2D eigenvalue weighted by Gasteiger charge is 2.24. The predicted molar refractivity (Wildman–Crippen MR) is 147 cm³/mol. The minimum Gasteiger partial charge on any atom is -0.497 e. The van der Waals surface area contributed by atoms with Gasteiger partial charge in [-0.05, 0) is 30.5 Å². The van der Waals surface area contributed by atoms with Gasteiger partial charge in [-0.15, -0.1) is 24.0 Å². The molecule has 4 rings (SSSR count). The zero-order valence-corrected chi connectivity index (χ0v) is 22.2. The van der Waals surface area contributed by atoms with Gasteiger partial charge < -0.3 is 25.0 Å². The fourth-order valence-corrected chi connectivity index (χ4v) is 4.01. The number of hydrogen-bond donors (Lipinski definition) is 2. The Morgan fingerprint density at radius 3 is 2.50 bits per heavy atom. The molecule has 1 unspecified atom stereocenters. The van der Waals surface area contributed by atoms with Gasteiger partial charge in [0.25, 0.3) is 0 Å². The number of nitrogens with one attached hydrogen (secondary N) is 2. The molecule has 0 saturated carbocycles. The van der Waals surface area contributed by atoms with E-state index in [0.29, 0.717) is 6.04 Å². The maximum absolute atomic E-state index is 5.42. The molecular weight excluding hydrogens is 543 g/mol. The van der Waals surface area contributed by atoms with Gasteiger partial charge in [0.05, 0.1) is 26.1 Å². The third-order valence-electron chi connectivity index (χ3n) is 5.82. The summed E-state index contributed by atoms with van der Waals surface area (Å²) >= 11 is 0. The molecule has 1 atom stereocenters. The number of aliphatic imine (C=N–C) groups is 1. The molecule has 2 heterocycles. The average molecular weight is 576 g/mol. The number of methoxy groups -OCH3 is 2. The third kappa shape index (κ3) is 6.55. The number of anilines is 1. The lowest BCUT2D eigenvalue weighted by Gasteiger charge is -2.21.